The second-order valence-corrected chi connectivity index (χ2v) is 3.08. The molecule has 17 heavy (non-hydrogen) atoms. The van der Waals surface area contributed by atoms with Gasteiger partial charge in [0.15, 0.2) is 11.8 Å². The summed E-state index contributed by atoms with van der Waals surface area (Å²) in [7, 11) is 0. The van der Waals surface area contributed by atoms with Crippen molar-refractivity contribution >= 4 is 11.8 Å². The minimum Gasteiger partial charge on any atom is -0.376 e. The summed E-state index contributed by atoms with van der Waals surface area (Å²) in [6, 6.07) is 13.8. The van der Waals surface area contributed by atoms with Crippen LogP contribution in [0.2, 0.25) is 0 Å². The molecule has 0 fully saturated rings. The van der Waals surface area contributed by atoms with Crippen LogP contribution in [-0.2, 0) is 17.1 Å². The zero-order valence-corrected chi connectivity index (χ0v) is 10.0. The second-order valence-electron chi connectivity index (χ2n) is 3.08. The van der Waals surface area contributed by atoms with Crippen LogP contribution in [0.5, 0.6) is 0 Å². The average molecular weight is 272 g/mol. The van der Waals surface area contributed by atoms with Crippen LogP contribution in [0.15, 0.2) is 48.5 Å². The van der Waals surface area contributed by atoms with Crippen LogP contribution in [0.3, 0.4) is 0 Å². The van der Waals surface area contributed by atoms with Gasteiger partial charge in [-0.15, -0.1) is 0 Å². The third-order valence-electron chi connectivity index (χ3n) is 1.89. The van der Waals surface area contributed by atoms with E-state index in [4.69, 9.17) is 11.5 Å². The first-order chi connectivity index (χ1) is 7.61. The number of rotatable bonds is 2. The van der Waals surface area contributed by atoms with E-state index in [1.807, 2.05) is 0 Å². The maximum Gasteiger partial charge on any atom is 2.00 e. The number of hydrogen-bond acceptors (Lipinski definition) is 2. The van der Waals surface area contributed by atoms with Crippen molar-refractivity contribution in [3.8, 4) is 0 Å². The summed E-state index contributed by atoms with van der Waals surface area (Å²) in [5.74, 6) is -0.731. The molecule has 0 bridgehead atoms. The zero-order chi connectivity index (χ0) is 12.0. The molecule has 0 heterocycles. The molecule has 2 amide bonds. The molecule has 0 saturated carbocycles. The van der Waals surface area contributed by atoms with Gasteiger partial charge in [-0.3, -0.25) is 9.59 Å². The molecule has 0 spiro atoms. The van der Waals surface area contributed by atoms with E-state index in [0.717, 1.165) is 0 Å². The van der Waals surface area contributed by atoms with Crippen LogP contribution in [-0.4, -0.2) is 11.8 Å². The Labute approximate surface area is 110 Å². The zero-order valence-electron chi connectivity index (χ0n) is 8.94. The fourth-order valence-corrected chi connectivity index (χ4v) is 1.08. The normalized spacial score (nSPS) is 8.47. The largest absolute Gasteiger partial charge is 2.00 e. The quantitative estimate of drug-likeness (QED) is 0.631. The van der Waals surface area contributed by atoms with Crippen molar-refractivity contribution in [3.05, 3.63) is 59.7 Å². The van der Waals surface area contributed by atoms with Gasteiger partial charge in [-0.2, -0.15) is 24.3 Å². The molecule has 2 rings (SSSR count). The Kier molecular flexibility index (Phi) is 6.63. The minimum atomic E-state index is -0.366. The van der Waals surface area contributed by atoms with Crippen molar-refractivity contribution in [1.82, 2.24) is 0 Å². The molecule has 90 valence electrons. The van der Waals surface area contributed by atoms with E-state index in [1.54, 1.807) is 48.5 Å². The third-order valence-corrected chi connectivity index (χ3v) is 1.89. The predicted octanol–water partition coefficient (Wildman–Crippen LogP) is 1.01. The van der Waals surface area contributed by atoms with Crippen LogP contribution in [0.1, 0.15) is 20.7 Å². The number of amides is 2. The molecule has 2 aromatic rings. The van der Waals surface area contributed by atoms with E-state index < -0.39 is 0 Å². The van der Waals surface area contributed by atoms with Crippen LogP contribution < -0.4 is 11.5 Å². The predicted molar refractivity (Wildman–Crippen MR) is 61.1 cm³/mol. The molecule has 0 unspecified atom stereocenters. The Morgan fingerprint density at radius 1 is 0.706 bits per heavy atom. The van der Waals surface area contributed by atoms with Gasteiger partial charge >= 0.3 is 17.1 Å². The second kappa shape index (κ2) is 7.44. The maximum atomic E-state index is 10.3. The summed E-state index contributed by atoms with van der Waals surface area (Å²) in [5, 5.41) is 0. The van der Waals surface area contributed by atoms with E-state index >= 15 is 0 Å². The number of carbonyl (C=O) groups excluding carboxylic acids is 2. The molecular weight excluding hydrogens is 260 g/mol. The minimum absolute atomic E-state index is 0. The summed E-state index contributed by atoms with van der Waals surface area (Å²) < 4.78 is 0. The molecular formula is C12H12FeN2O2. The van der Waals surface area contributed by atoms with Gasteiger partial charge in [-0.1, -0.05) is 11.1 Å². The Morgan fingerprint density at radius 3 is 1.06 bits per heavy atom. The maximum absolute atomic E-state index is 10.3. The molecule has 4 nitrogen and oxygen atoms in total. The smallest absolute Gasteiger partial charge is 0.376 e. The number of nitrogens with two attached hydrogens (primary N) is 2. The van der Waals surface area contributed by atoms with Crippen molar-refractivity contribution in [2.45, 2.75) is 0 Å². The number of primary amides is 2. The first-order valence-electron chi connectivity index (χ1n) is 4.64. The van der Waals surface area contributed by atoms with Crippen LogP contribution in [0.4, 0.5) is 0 Å². The Morgan fingerprint density at radius 2 is 0.941 bits per heavy atom. The summed E-state index contributed by atoms with van der Waals surface area (Å²) in [6.07, 6.45) is 0. The van der Waals surface area contributed by atoms with Gasteiger partial charge in [0.2, 0.25) is 0 Å². The molecule has 0 aliphatic rings. The van der Waals surface area contributed by atoms with Gasteiger partial charge in [-0.05, 0) is 0 Å². The molecule has 2 aromatic carbocycles. The van der Waals surface area contributed by atoms with E-state index in [2.05, 4.69) is 0 Å². The van der Waals surface area contributed by atoms with Crippen molar-refractivity contribution in [3.63, 3.8) is 0 Å². The third kappa shape index (κ3) is 5.15. The fourth-order valence-electron chi connectivity index (χ4n) is 1.08. The number of hydrogen-bond donors (Lipinski definition) is 2. The van der Waals surface area contributed by atoms with Crippen molar-refractivity contribution in [2.24, 2.45) is 11.5 Å². The summed E-state index contributed by atoms with van der Waals surface area (Å²) >= 11 is 0. The van der Waals surface area contributed by atoms with E-state index in [1.165, 1.54) is 0 Å². The first-order valence-corrected chi connectivity index (χ1v) is 4.64. The van der Waals surface area contributed by atoms with Crippen molar-refractivity contribution in [1.29, 1.82) is 0 Å². The topological polar surface area (TPSA) is 86.2 Å². The Balaban J connectivity index is 0.000000284. The van der Waals surface area contributed by atoms with E-state index in [0.29, 0.717) is 11.1 Å². The summed E-state index contributed by atoms with van der Waals surface area (Å²) in [6.45, 7) is 0. The van der Waals surface area contributed by atoms with Gasteiger partial charge in [-0.25, -0.2) is 24.3 Å². The van der Waals surface area contributed by atoms with Gasteiger partial charge in [0.25, 0.3) is 0 Å². The van der Waals surface area contributed by atoms with Crippen LogP contribution in [0, 0.1) is 0 Å². The van der Waals surface area contributed by atoms with E-state index in [-0.39, 0.29) is 28.9 Å². The van der Waals surface area contributed by atoms with Gasteiger partial charge in [0.05, 0.1) is 0 Å². The Bertz CT molecular complexity index is 403. The first kappa shape index (κ1) is 15.2. The van der Waals surface area contributed by atoms with Crippen LogP contribution in [0.25, 0.3) is 0 Å². The monoisotopic (exact) mass is 272 g/mol. The SMILES string of the molecule is NC(=O)[c-]1cccc1.NC(=O)[c-]1cccc1.[Fe+2]. The molecule has 0 aliphatic carbocycles. The molecule has 0 saturated heterocycles. The summed E-state index contributed by atoms with van der Waals surface area (Å²) in [5.41, 5.74) is 11.0. The van der Waals surface area contributed by atoms with Gasteiger partial charge < -0.3 is 11.5 Å². The average Bonchev–Trinajstić information content (AvgIpc) is 2.93. The standard InChI is InChI=1S/2C6H6NO.Fe/c2*7-6(8)5-3-1-2-4-5;/h2*1-4H,(H2,7,8);/q2*-1;+2. The van der Waals surface area contributed by atoms with Crippen molar-refractivity contribution < 1.29 is 26.7 Å². The molecule has 5 heteroatoms. The number of carbonyl (C=O) groups is 2. The fraction of sp³-hybridized carbons (Fsp3) is 0. The Hall–Kier alpha value is -1.84. The van der Waals surface area contributed by atoms with E-state index in [9.17, 15) is 9.59 Å². The molecule has 4 N–H and O–H groups in total. The van der Waals surface area contributed by atoms with Gasteiger partial charge in [0.1, 0.15) is 0 Å². The van der Waals surface area contributed by atoms with Crippen LogP contribution >= 0.6 is 0 Å². The van der Waals surface area contributed by atoms with Crippen molar-refractivity contribution in [2.75, 3.05) is 0 Å². The molecule has 0 radical (unpaired) electrons. The molecule has 0 aliphatic heterocycles. The molecule has 0 aromatic heterocycles. The van der Waals surface area contributed by atoms with Gasteiger partial charge in [0, 0.05) is 0 Å². The summed E-state index contributed by atoms with van der Waals surface area (Å²) in [4.78, 5) is 20.6. The molecule has 0 atom stereocenters.